The number of ether oxygens (including phenoxy) is 1. The minimum atomic E-state index is -3.35. The molecule has 0 saturated heterocycles. The minimum absolute atomic E-state index is 0.0377. The molecular weight excluding hydrogens is 321 g/mol. The molecule has 0 saturated carbocycles. The molecule has 5 nitrogen and oxygen atoms in total. The van der Waals surface area contributed by atoms with E-state index in [1.54, 1.807) is 18.2 Å². The zero-order valence-corrected chi connectivity index (χ0v) is 13.5. The van der Waals surface area contributed by atoms with Crippen molar-refractivity contribution in [3.8, 4) is 5.75 Å². The van der Waals surface area contributed by atoms with Crippen molar-refractivity contribution in [3.63, 3.8) is 0 Å². The Hall–Kier alpha value is -2.41. The van der Waals surface area contributed by atoms with Crippen LogP contribution < -0.4 is 10.1 Å². The Morgan fingerprint density at radius 2 is 1.96 bits per heavy atom. The topological polar surface area (TPSA) is 72.5 Å². The lowest BCUT2D eigenvalue weighted by atomic mass is 10.1. The van der Waals surface area contributed by atoms with Crippen LogP contribution in [0.5, 0.6) is 5.75 Å². The van der Waals surface area contributed by atoms with Crippen LogP contribution in [0, 0.1) is 5.82 Å². The highest BCUT2D eigenvalue weighted by Gasteiger charge is 2.11. The molecule has 2 aromatic rings. The number of sulfone groups is 1. The molecule has 1 amide bonds. The smallest absolute Gasteiger partial charge is 0.228 e. The molecule has 0 fully saturated rings. The van der Waals surface area contributed by atoms with Gasteiger partial charge in [0.2, 0.25) is 5.91 Å². The number of halogens is 1. The number of benzene rings is 2. The lowest BCUT2D eigenvalue weighted by molar-refractivity contribution is -0.115. The van der Waals surface area contributed by atoms with Crippen LogP contribution in [-0.4, -0.2) is 27.7 Å². The van der Waals surface area contributed by atoms with E-state index in [9.17, 15) is 17.6 Å². The van der Waals surface area contributed by atoms with Crippen LogP contribution in [0.3, 0.4) is 0 Å². The summed E-state index contributed by atoms with van der Waals surface area (Å²) in [7, 11) is -1.99. The Balaban J connectivity index is 2.09. The average Bonchev–Trinajstić information content (AvgIpc) is 2.46. The molecule has 7 heteroatoms. The Labute approximate surface area is 134 Å². The predicted molar refractivity (Wildman–Crippen MR) is 84.8 cm³/mol. The van der Waals surface area contributed by atoms with E-state index in [2.05, 4.69) is 5.32 Å². The number of nitrogens with one attached hydrogen (secondary N) is 1. The van der Waals surface area contributed by atoms with E-state index in [4.69, 9.17) is 4.74 Å². The van der Waals surface area contributed by atoms with Crippen LogP contribution in [0.4, 0.5) is 10.1 Å². The molecule has 0 aliphatic rings. The number of rotatable bonds is 5. The van der Waals surface area contributed by atoms with Crippen LogP contribution in [0.15, 0.2) is 47.4 Å². The van der Waals surface area contributed by atoms with E-state index < -0.39 is 15.7 Å². The second-order valence-corrected chi connectivity index (χ2v) is 7.01. The third-order valence-corrected chi connectivity index (χ3v) is 4.24. The maximum Gasteiger partial charge on any atom is 0.228 e. The van der Waals surface area contributed by atoms with Gasteiger partial charge in [-0.25, -0.2) is 12.8 Å². The van der Waals surface area contributed by atoms with Gasteiger partial charge >= 0.3 is 0 Å². The third-order valence-electron chi connectivity index (χ3n) is 3.13. The molecular formula is C16H16FNO4S. The molecule has 0 bridgehead atoms. The van der Waals surface area contributed by atoms with E-state index in [1.807, 2.05) is 0 Å². The second-order valence-electron chi connectivity index (χ2n) is 4.99. The zero-order valence-electron chi connectivity index (χ0n) is 12.7. The summed E-state index contributed by atoms with van der Waals surface area (Å²) in [5.41, 5.74) is 0.854. The van der Waals surface area contributed by atoms with Crippen LogP contribution in [-0.2, 0) is 21.1 Å². The first-order chi connectivity index (χ1) is 10.8. The largest absolute Gasteiger partial charge is 0.494 e. The molecule has 0 aliphatic heterocycles. The molecule has 0 heterocycles. The number of amides is 1. The van der Waals surface area contributed by atoms with Crippen molar-refractivity contribution in [1.82, 2.24) is 0 Å². The van der Waals surface area contributed by atoms with E-state index in [0.29, 0.717) is 11.3 Å². The van der Waals surface area contributed by atoms with Gasteiger partial charge in [0, 0.05) is 11.9 Å². The Morgan fingerprint density at radius 1 is 1.22 bits per heavy atom. The summed E-state index contributed by atoms with van der Waals surface area (Å²) >= 11 is 0. The number of methoxy groups -OCH3 is 1. The van der Waals surface area contributed by atoms with E-state index in [-0.39, 0.29) is 23.0 Å². The fourth-order valence-electron chi connectivity index (χ4n) is 2.01. The van der Waals surface area contributed by atoms with Crippen molar-refractivity contribution < 1.29 is 22.3 Å². The quantitative estimate of drug-likeness (QED) is 0.909. The van der Waals surface area contributed by atoms with Gasteiger partial charge in [0.15, 0.2) is 21.4 Å². The first-order valence-corrected chi connectivity index (χ1v) is 8.61. The van der Waals surface area contributed by atoms with Gasteiger partial charge in [-0.1, -0.05) is 12.1 Å². The summed E-state index contributed by atoms with van der Waals surface area (Å²) in [6, 6.07) is 10.2. The van der Waals surface area contributed by atoms with Gasteiger partial charge < -0.3 is 10.1 Å². The van der Waals surface area contributed by atoms with Gasteiger partial charge in [0.1, 0.15) is 0 Å². The standard InChI is InChI=1S/C16H16FNO4S/c1-22-15-7-6-11(8-14(15)17)9-16(19)18-12-4-3-5-13(10-12)23(2,20)21/h3-8,10H,9H2,1-2H3,(H,18,19). The van der Waals surface area contributed by atoms with Gasteiger partial charge in [-0.2, -0.15) is 0 Å². The Kier molecular flexibility index (Phi) is 5.00. The highest BCUT2D eigenvalue weighted by molar-refractivity contribution is 7.90. The summed E-state index contributed by atoms with van der Waals surface area (Å²) in [4.78, 5) is 12.1. The molecule has 0 aliphatic carbocycles. The number of carbonyl (C=O) groups is 1. The lowest BCUT2D eigenvalue weighted by Crippen LogP contribution is -2.15. The van der Waals surface area contributed by atoms with Crippen molar-refractivity contribution in [2.75, 3.05) is 18.7 Å². The van der Waals surface area contributed by atoms with Gasteiger partial charge in [0.05, 0.1) is 18.4 Å². The minimum Gasteiger partial charge on any atom is -0.494 e. The van der Waals surface area contributed by atoms with Gasteiger partial charge in [-0.05, 0) is 35.9 Å². The summed E-state index contributed by atoms with van der Waals surface area (Å²) in [6.45, 7) is 0. The van der Waals surface area contributed by atoms with Crippen LogP contribution in [0.1, 0.15) is 5.56 Å². The molecule has 0 aromatic heterocycles. The van der Waals surface area contributed by atoms with E-state index >= 15 is 0 Å². The highest BCUT2D eigenvalue weighted by Crippen LogP contribution is 2.19. The molecule has 23 heavy (non-hydrogen) atoms. The molecule has 0 spiro atoms. The molecule has 2 rings (SSSR count). The maximum atomic E-state index is 13.6. The van der Waals surface area contributed by atoms with Gasteiger partial charge in [0.25, 0.3) is 0 Å². The SMILES string of the molecule is COc1ccc(CC(=O)Nc2cccc(S(C)(=O)=O)c2)cc1F. The van der Waals surface area contributed by atoms with Crippen LogP contribution in [0.25, 0.3) is 0 Å². The Morgan fingerprint density at radius 3 is 2.57 bits per heavy atom. The molecule has 122 valence electrons. The fraction of sp³-hybridized carbons (Fsp3) is 0.188. The van der Waals surface area contributed by atoms with E-state index in [0.717, 1.165) is 6.26 Å². The van der Waals surface area contributed by atoms with Crippen LogP contribution >= 0.6 is 0 Å². The van der Waals surface area contributed by atoms with Crippen LogP contribution in [0.2, 0.25) is 0 Å². The third kappa shape index (κ3) is 4.53. The number of hydrogen-bond acceptors (Lipinski definition) is 4. The number of carbonyl (C=O) groups excluding carboxylic acids is 1. The van der Waals surface area contributed by atoms with Crippen molar-refractivity contribution in [3.05, 3.63) is 53.8 Å². The van der Waals surface area contributed by atoms with Crippen molar-refractivity contribution in [2.24, 2.45) is 0 Å². The zero-order chi connectivity index (χ0) is 17.0. The normalized spacial score (nSPS) is 11.1. The highest BCUT2D eigenvalue weighted by atomic mass is 32.2. The monoisotopic (exact) mass is 337 g/mol. The van der Waals surface area contributed by atoms with Crippen molar-refractivity contribution in [2.45, 2.75) is 11.3 Å². The summed E-state index contributed by atoms with van der Waals surface area (Å²) in [5.74, 6) is -0.813. The van der Waals surface area contributed by atoms with Crippen molar-refractivity contribution in [1.29, 1.82) is 0 Å². The molecule has 0 radical (unpaired) electrons. The van der Waals surface area contributed by atoms with Gasteiger partial charge in [-0.3, -0.25) is 4.79 Å². The van der Waals surface area contributed by atoms with Gasteiger partial charge in [-0.15, -0.1) is 0 Å². The van der Waals surface area contributed by atoms with Crippen molar-refractivity contribution >= 4 is 21.4 Å². The lowest BCUT2D eigenvalue weighted by Gasteiger charge is -2.08. The number of hydrogen-bond donors (Lipinski definition) is 1. The summed E-state index contributed by atoms with van der Waals surface area (Å²) < 4.78 is 41.4. The predicted octanol–water partition coefficient (Wildman–Crippen LogP) is 2.42. The average molecular weight is 337 g/mol. The van der Waals surface area contributed by atoms with E-state index in [1.165, 1.54) is 31.4 Å². The molecule has 0 unspecified atom stereocenters. The number of anilines is 1. The second kappa shape index (κ2) is 6.78. The first kappa shape index (κ1) is 17.0. The molecule has 0 atom stereocenters. The molecule has 1 N–H and O–H groups in total. The molecule has 2 aromatic carbocycles. The summed E-state index contributed by atoms with van der Waals surface area (Å²) in [6.07, 6.45) is 1.05. The summed E-state index contributed by atoms with van der Waals surface area (Å²) in [5, 5.41) is 2.59. The Bertz CT molecular complexity index is 834. The fourth-order valence-corrected chi connectivity index (χ4v) is 2.68. The first-order valence-electron chi connectivity index (χ1n) is 6.72. The maximum absolute atomic E-state index is 13.6.